The highest BCUT2D eigenvalue weighted by atomic mass is 16.5. The summed E-state index contributed by atoms with van der Waals surface area (Å²) in [7, 11) is 0. The van der Waals surface area contributed by atoms with Crippen molar-refractivity contribution < 1.29 is 19.1 Å². The molecule has 2 atom stereocenters. The molecule has 0 bridgehead atoms. The third-order valence-corrected chi connectivity index (χ3v) is 4.39. The van der Waals surface area contributed by atoms with Crippen LogP contribution in [-0.4, -0.2) is 43.4 Å². The van der Waals surface area contributed by atoms with Crippen LogP contribution in [0.3, 0.4) is 0 Å². The lowest BCUT2D eigenvalue weighted by Crippen LogP contribution is -2.44. The van der Waals surface area contributed by atoms with Gasteiger partial charge in [0.25, 0.3) is 5.91 Å². The summed E-state index contributed by atoms with van der Waals surface area (Å²) in [4.78, 5) is 34.6. The number of hydrogen-bond acceptors (Lipinski definition) is 6. The molecule has 0 fully saturated rings. The van der Waals surface area contributed by atoms with E-state index in [9.17, 15) is 14.4 Å². The van der Waals surface area contributed by atoms with Crippen LogP contribution in [0.25, 0.3) is 0 Å². The van der Waals surface area contributed by atoms with Crippen molar-refractivity contribution in [2.75, 3.05) is 19.9 Å². The van der Waals surface area contributed by atoms with Crippen LogP contribution < -0.4 is 16.8 Å². The normalized spacial score (nSPS) is 19.7. The van der Waals surface area contributed by atoms with Crippen molar-refractivity contribution in [3.05, 3.63) is 11.6 Å². The molecule has 0 saturated heterocycles. The summed E-state index contributed by atoms with van der Waals surface area (Å²) in [5, 5.41) is 2.71. The molecule has 0 aromatic heterocycles. The monoisotopic (exact) mass is 353 g/mol. The molecule has 0 spiro atoms. The molecule has 0 unspecified atom stereocenters. The molecular weight excluding hydrogens is 322 g/mol. The SMILES string of the molecule is CC(C)(C)[C@H](N)C(=O)C1=CCCCC[C@H]1COCNCC(=O)C(N)=O. The largest absolute Gasteiger partial charge is 0.366 e. The first-order chi connectivity index (χ1) is 11.6. The van der Waals surface area contributed by atoms with E-state index in [1.807, 2.05) is 26.8 Å². The number of amides is 1. The van der Waals surface area contributed by atoms with Gasteiger partial charge in [-0.3, -0.25) is 19.7 Å². The zero-order valence-corrected chi connectivity index (χ0v) is 15.5. The van der Waals surface area contributed by atoms with Gasteiger partial charge < -0.3 is 16.2 Å². The quantitative estimate of drug-likeness (QED) is 0.318. The van der Waals surface area contributed by atoms with Crippen LogP contribution in [0, 0.1) is 11.3 Å². The molecule has 0 aromatic rings. The minimum Gasteiger partial charge on any atom is -0.366 e. The molecule has 0 radical (unpaired) electrons. The number of primary amides is 1. The summed E-state index contributed by atoms with van der Waals surface area (Å²) in [6, 6.07) is -0.550. The molecule has 1 rings (SSSR count). The summed E-state index contributed by atoms with van der Waals surface area (Å²) in [5.74, 6) is -1.68. The van der Waals surface area contributed by atoms with Crippen molar-refractivity contribution in [2.45, 2.75) is 52.5 Å². The van der Waals surface area contributed by atoms with E-state index in [2.05, 4.69) is 5.32 Å². The van der Waals surface area contributed by atoms with Crippen LogP contribution in [0.1, 0.15) is 46.5 Å². The van der Waals surface area contributed by atoms with Crippen LogP contribution in [0.5, 0.6) is 0 Å². The van der Waals surface area contributed by atoms with Gasteiger partial charge in [0.15, 0.2) is 5.78 Å². The second-order valence-electron chi connectivity index (χ2n) is 7.58. The lowest BCUT2D eigenvalue weighted by molar-refractivity contribution is -0.135. The van der Waals surface area contributed by atoms with Crippen LogP contribution >= 0.6 is 0 Å². The Morgan fingerprint density at radius 1 is 1.32 bits per heavy atom. The summed E-state index contributed by atoms with van der Waals surface area (Å²) < 4.78 is 5.56. The van der Waals surface area contributed by atoms with Gasteiger partial charge in [0, 0.05) is 5.92 Å². The number of nitrogens with two attached hydrogens (primary N) is 2. The summed E-state index contributed by atoms with van der Waals surface area (Å²) >= 11 is 0. The van der Waals surface area contributed by atoms with Gasteiger partial charge in [-0.15, -0.1) is 0 Å². The van der Waals surface area contributed by atoms with Crippen LogP contribution in [0.2, 0.25) is 0 Å². The van der Waals surface area contributed by atoms with E-state index in [4.69, 9.17) is 16.2 Å². The third-order valence-electron chi connectivity index (χ3n) is 4.39. The fourth-order valence-electron chi connectivity index (χ4n) is 2.69. The molecule has 1 amide bonds. The fourth-order valence-corrected chi connectivity index (χ4v) is 2.69. The lowest BCUT2D eigenvalue weighted by atomic mass is 9.79. The van der Waals surface area contributed by atoms with Crippen molar-refractivity contribution >= 4 is 17.5 Å². The Hall–Kier alpha value is -1.57. The molecule has 7 heteroatoms. The van der Waals surface area contributed by atoms with Gasteiger partial charge in [0.2, 0.25) is 5.78 Å². The maximum Gasteiger partial charge on any atom is 0.286 e. The van der Waals surface area contributed by atoms with Crippen molar-refractivity contribution in [3.8, 4) is 0 Å². The van der Waals surface area contributed by atoms with Crippen LogP contribution in [0.15, 0.2) is 11.6 Å². The number of ketones is 2. The highest BCUT2D eigenvalue weighted by Gasteiger charge is 2.32. The summed E-state index contributed by atoms with van der Waals surface area (Å²) in [6.45, 7) is 6.19. The van der Waals surface area contributed by atoms with Gasteiger partial charge in [0.05, 0.1) is 25.9 Å². The zero-order valence-electron chi connectivity index (χ0n) is 15.5. The Bertz CT molecular complexity index is 523. The van der Waals surface area contributed by atoms with E-state index in [0.717, 1.165) is 31.3 Å². The van der Waals surface area contributed by atoms with E-state index in [1.165, 1.54) is 0 Å². The van der Waals surface area contributed by atoms with E-state index in [0.29, 0.717) is 6.61 Å². The van der Waals surface area contributed by atoms with E-state index in [1.54, 1.807) is 0 Å². The molecule has 0 aliphatic heterocycles. The zero-order chi connectivity index (χ0) is 19.0. The smallest absolute Gasteiger partial charge is 0.286 e. The fraction of sp³-hybridized carbons (Fsp3) is 0.722. The molecule has 0 saturated carbocycles. The number of carbonyl (C=O) groups is 3. The summed E-state index contributed by atoms with van der Waals surface area (Å²) in [5.41, 5.74) is 11.5. The average molecular weight is 353 g/mol. The standard InChI is InChI=1S/C18H31N3O4/c1-18(2,3)16(19)15(23)13-8-6-4-5-7-12(13)10-25-11-21-9-14(22)17(20)24/h8,12,16,21H,4-7,9-11,19H2,1-3H3,(H2,20,24)/t12-,16+/m0/s1. The molecule has 1 aliphatic carbocycles. The lowest BCUT2D eigenvalue weighted by Gasteiger charge is -2.28. The molecule has 0 heterocycles. The second kappa shape index (κ2) is 9.79. The van der Waals surface area contributed by atoms with Gasteiger partial charge in [0.1, 0.15) is 0 Å². The summed E-state index contributed by atoms with van der Waals surface area (Å²) in [6.07, 6.45) is 5.82. The Balaban J connectivity index is 2.58. The number of Topliss-reactive ketones (excluding diaryl/α,β-unsaturated/α-hetero) is 2. The Morgan fingerprint density at radius 2 is 2.00 bits per heavy atom. The third kappa shape index (κ3) is 7.05. The molecule has 7 nitrogen and oxygen atoms in total. The number of ether oxygens (including phenoxy) is 1. The van der Waals surface area contributed by atoms with Gasteiger partial charge in [-0.2, -0.15) is 0 Å². The van der Waals surface area contributed by atoms with Gasteiger partial charge in [-0.1, -0.05) is 33.3 Å². The van der Waals surface area contributed by atoms with Crippen LogP contribution in [0.4, 0.5) is 0 Å². The second-order valence-corrected chi connectivity index (χ2v) is 7.58. The van der Waals surface area contributed by atoms with Crippen molar-refractivity contribution in [1.29, 1.82) is 0 Å². The maximum absolute atomic E-state index is 12.8. The van der Waals surface area contributed by atoms with Crippen molar-refractivity contribution in [2.24, 2.45) is 22.8 Å². The van der Waals surface area contributed by atoms with Gasteiger partial charge in [-0.05, 0) is 30.3 Å². The Labute approximate surface area is 149 Å². The van der Waals surface area contributed by atoms with Crippen molar-refractivity contribution in [3.63, 3.8) is 0 Å². The number of hydrogen-bond donors (Lipinski definition) is 3. The average Bonchev–Trinajstić information content (AvgIpc) is 2.77. The minimum absolute atomic E-state index is 0.00274. The first-order valence-corrected chi connectivity index (χ1v) is 8.75. The molecule has 1 aliphatic rings. The number of nitrogens with one attached hydrogen (secondary N) is 1. The highest BCUT2D eigenvalue weighted by Crippen LogP contribution is 2.29. The first kappa shape index (κ1) is 21.5. The molecule has 0 aromatic carbocycles. The van der Waals surface area contributed by atoms with Gasteiger partial charge in [-0.25, -0.2) is 0 Å². The van der Waals surface area contributed by atoms with E-state index < -0.39 is 17.7 Å². The van der Waals surface area contributed by atoms with Gasteiger partial charge >= 0.3 is 0 Å². The van der Waals surface area contributed by atoms with Crippen LogP contribution in [-0.2, 0) is 19.1 Å². The van der Waals surface area contributed by atoms with E-state index >= 15 is 0 Å². The minimum atomic E-state index is -0.969. The first-order valence-electron chi connectivity index (χ1n) is 8.75. The number of carbonyl (C=O) groups excluding carboxylic acids is 3. The predicted molar refractivity (Wildman–Crippen MR) is 95.5 cm³/mol. The molecule has 142 valence electrons. The van der Waals surface area contributed by atoms with E-state index in [-0.39, 0.29) is 30.4 Å². The Morgan fingerprint density at radius 3 is 2.60 bits per heavy atom. The molecular formula is C18H31N3O4. The predicted octanol–water partition coefficient (Wildman–Crippen LogP) is 0.664. The van der Waals surface area contributed by atoms with Crippen molar-refractivity contribution in [1.82, 2.24) is 5.32 Å². The maximum atomic E-state index is 12.8. The number of rotatable bonds is 9. The Kier molecular flexibility index (Phi) is 8.41. The highest BCUT2D eigenvalue weighted by molar-refractivity contribution is 6.36. The topological polar surface area (TPSA) is 125 Å². The molecule has 5 N–H and O–H groups in total. The number of allylic oxidation sites excluding steroid dienone is 1. The molecule has 25 heavy (non-hydrogen) atoms.